The Morgan fingerprint density at radius 3 is 2.42 bits per heavy atom. The van der Waals surface area contributed by atoms with Crippen molar-refractivity contribution in [1.29, 1.82) is 0 Å². The standard InChI is InChI=1S/C30H32N2O4/c1-19-22-9-5-6-10-23(22)28-27(20-7-3-2-4-8-20)24-12-11-21(30(34)35)17-26(24)32(28)18-25(19)29(33)31-13-15-36-16-14-31/h5-6,9-12,17,20H,2-4,7-8,13-16,18H2,1H3,(H,34,35). The van der Waals surface area contributed by atoms with Gasteiger partial charge in [0.15, 0.2) is 0 Å². The highest BCUT2D eigenvalue weighted by atomic mass is 16.5. The summed E-state index contributed by atoms with van der Waals surface area (Å²) < 4.78 is 7.73. The lowest BCUT2D eigenvalue weighted by atomic mass is 9.81. The van der Waals surface area contributed by atoms with Crippen molar-refractivity contribution in [3.05, 3.63) is 64.7 Å². The maximum Gasteiger partial charge on any atom is 0.335 e. The van der Waals surface area contributed by atoms with E-state index >= 15 is 0 Å². The SMILES string of the molecule is CC1=C(C(=O)N2CCOCC2)Cn2c(c(C3CCCCC3)c3ccc(C(=O)O)cc32)-c2ccccc21. The Balaban J connectivity index is 1.62. The number of carbonyl (C=O) groups is 2. The molecule has 1 N–H and O–H groups in total. The monoisotopic (exact) mass is 484 g/mol. The fourth-order valence-electron chi connectivity index (χ4n) is 6.41. The van der Waals surface area contributed by atoms with Gasteiger partial charge in [0.1, 0.15) is 0 Å². The second-order valence-electron chi connectivity index (χ2n) is 10.3. The van der Waals surface area contributed by atoms with Gasteiger partial charge in [-0.25, -0.2) is 4.79 Å². The molecule has 0 spiro atoms. The van der Waals surface area contributed by atoms with E-state index in [1.807, 2.05) is 17.0 Å². The van der Waals surface area contributed by atoms with E-state index in [2.05, 4.69) is 29.7 Å². The Morgan fingerprint density at radius 1 is 0.972 bits per heavy atom. The van der Waals surface area contributed by atoms with Gasteiger partial charge in [-0.15, -0.1) is 0 Å². The summed E-state index contributed by atoms with van der Waals surface area (Å²) >= 11 is 0. The molecule has 1 saturated heterocycles. The second-order valence-corrected chi connectivity index (χ2v) is 10.3. The van der Waals surface area contributed by atoms with Crippen molar-refractivity contribution < 1.29 is 19.4 Å². The maximum atomic E-state index is 13.9. The van der Waals surface area contributed by atoms with Crippen LogP contribution in [0.2, 0.25) is 0 Å². The summed E-state index contributed by atoms with van der Waals surface area (Å²) in [7, 11) is 0. The van der Waals surface area contributed by atoms with Crippen LogP contribution in [0.15, 0.2) is 48.0 Å². The number of fused-ring (bicyclic) bond motifs is 5. The molecular weight excluding hydrogens is 452 g/mol. The van der Waals surface area contributed by atoms with Gasteiger partial charge < -0.3 is 19.3 Å². The first-order valence-corrected chi connectivity index (χ1v) is 13.1. The molecule has 1 aromatic heterocycles. The molecule has 3 aromatic rings. The summed E-state index contributed by atoms with van der Waals surface area (Å²) in [5.74, 6) is -0.455. The lowest BCUT2D eigenvalue weighted by molar-refractivity contribution is -0.131. The first kappa shape index (κ1) is 23.0. The molecule has 0 unspecified atom stereocenters. The van der Waals surface area contributed by atoms with E-state index in [1.165, 1.54) is 24.8 Å². The topological polar surface area (TPSA) is 71.8 Å². The van der Waals surface area contributed by atoms with Gasteiger partial charge in [0, 0.05) is 35.1 Å². The van der Waals surface area contributed by atoms with E-state index in [9.17, 15) is 14.7 Å². The van der Waals surface area contributed by atoms with Crippen molar-refractivity contribution in [2.45, 2.75) is 51.5 Å². The number of rotatable bonds is 3. The molecule has 6 nitrogen and oxygen atoms in total. The first-order valence-electron chi connectivity index (χ1n) is 13.1. The van der Waals surface area contributed by atoms with Crippen LogP contribution >= 0.6 is 0 Å². The molecule has 3 heterocycles. The van der Waals surface area contributed by atoms with E-state index < -0.39 is 5.97 Å². The summed E-state index contributed by atoms with van der Waals surface area (Å²) in [6.07, 6.45) is 5.97. The highest BCUT2D eigenvalue weighted by molar-refractivity contribution is 6.05. The van der Waals surface area contributed by atoms with Crippen LogP contribution < -0.4 is 0 Å². The molecule has 1 aliphatic carbocycles. The Bertz CT molecular complexity index is 1390. The minimum absolute atomic E-state index is 0.0499. The Kier molecular flexibility index (Phi) is 5.92. The average Bonchev–Trinajstić information content (AvgIpc) is 3.18. The molecule has 6 heteroatoms. The van der Waals surface area contributed by atoms with E-state index in [0.717, 1.165) is 51.7 Å². The molecule has 6 rings (SSSR count). The summed E-state index contributed by atoms with van der Waals surface area (Å²) in [4.78, 5) is 27.7. The van der Waals surface area contributed by atoms with Crippen LogP contribution in [0.25, 0.3) is 27.7 Å². The van der Waals surface area contributed by atoms with E-state index in [-0.39, 0.29) is 11.5 Å². The van der Waals surface area contributed by atoms with Gasteiger partial charge >= 0.3 is 5.97 Å². The molecule has 0 atom stereocenters. The number of nitrogens with zero attached hydrogens (tertiary/aromatic N) is 2. The predicted molar refractivity (Wildman–Crippen MR) is 140 cm³/mol. The predicted octanol–water partition coefficient (Wildman–Crippen LogP) is 5.70. The summed E-state index contributed by atoms with van der Waals surface area (Å²) in [5, 5.41) is 10.9. The molecule has 2 aromatic carbocycles. The quantitative estimate of drug-likeness (QED) is 0.518. The smallest absolute Gasteiger partial charge is 0.335 e. The Hall–Kier alpha value is -3.38. The fraction of sp³-hybridized carbons (Fsp3) is 0.400. The van der Waals surface area contributed by atoms with E-state index in [4.69, 9.17) is 4.74 Å². The first-order chi connectivity index (χ1) is 17.5. The molecule has 2 fully saturated rings. The number of amides is 1. The van der Waals surface area contributed by atoms with Gasteiger partial charge in [0.25, 0.3) is 5.91 Å². The highest BCUT2D eigenvalue weighted by Crippen LogP contribution is 2.47. The summed E-state index contributed by atoms with van der Waals surface area (Å²) in [5.41, 5.74) is 7.65. The van der Waals surface area contributed by atoms with Crippen LogP contribution in [0.1, 0.15) is 66.4 Å². The lowest BCUT2D eigenvalue weighted by Gasteiger charge is -2.28. The molecule has 0 radical (unpaired) electrons. The summed E-state index contributed by atoms with van der Waals surface area (Å²) in [6.45, 7) is 4.78. The number of morpholine rings is 1. The number of hydrogen-bond acceptors (Lipinski definition) is 3. The molecular formula is C30H32N2O4. The highest BCUT2D eigenvalue weighted by Gasteiger charge is 2.33. The number of aromatic carboxylic acids is 1. The molecule has 1 amide bonds. The van der Waals surface area contributed by atoms with Crippen LogP contribution in [-0.2, 0) is 16.1 Å². The zero-order chi connectivity index (χ0) is 24.8. The van der Waals surface area contributed by atoms with Crippen LogP contribution in [0, 0.1) is 0 Å². The second kappa shape index (κ2) is 9.25. The number of allylic oxidation sites excluding steroid dienone is 1. The molecule has 0 bridgehead atoms. The molecule has 186 valence electrons. The Labute approximate surface area is 211 Å². The zero-order valence-corrected chi connectivity index (χ0v) is 20.8. The van der Waals surface area contributed by atoms with Gasteiger partial charge in [0.05, 0.1) is 31.0 Å². The van der Waals surface area contributed by atoms with Gasteiger partial charge in [-0.1, -0.05) is 49.6 Å². The Morgan fingerprint density at radius 2 is 1.69 bits per heavy atom. The van der Waals surface area contributed by atoms with Gasteiger partial charge in [-0.2, -0.15) is 0 Å². The molecule has 1 saturated carbocycles. The third kappa shape index (κ3) is 3.75. The number of carboxylic acid groups (broad SMARTS) is 1. The van der Waals surface area contributed by atoms with Crippen molar-refractivity contribution in [2.75, 3.05) is 26.3 Å². The van der Waals surface area contributed by atoms with Crippen molar-refractivity contribution in [1.82, 2.24) is 9.47 Å². The number of aromatic nitrogens is 1. The number of hydrogen-bond donors (Lipinski definition) is 1. The average molecular weight is 485 g/mol. The van der Waals surface area contributed by atoms with Crippen LogP contribution in [-0.4, -0.2) is 52.8 Å². The van der Waals surface area contributed by atoms with Crippen molar-refractivity contribution in [3.63, 3.8) is 0 Å². The number of carbonyl (C=O) groups excluding carboxylic acids is 1. The van der Waals surface area contributed by atoms with Gasteiger partial charge in [-0.3, -0.25) is 4.79 Å². The number of benzene rings is 2. The lowest BCUT2D eigenvalue weighted by Crippen LogP contribution is -2.42. The molecule has 3 aliphatic rings. The minimum atomic E-state index is -0.933. The zero-order valence-electron chi connectivity index (χ0n) is 20.8. The van der Waals surface area contributed by atoms with E-state index in [1.54, 1.807) is 12.1 Å². The number of ether oxygens (including phenoxy) is 1. The van der Waals surface area contributed by atoms with E-state index in [0.29, 0.717) is 38.8 Å². The van der Waals surface area contributed by atoms with Crippen LogP contribution in [0.5, 0.6) is 0 Å². The third-order valence-electron chi connectivity index (χ3n) is 8.28. The summed E-state index contributed by atoms with van der Waals surface area (Å²) in [6, 6.07) is 13.9. The van der Waals surface area contributed by atoms with Gasteiger partial charge in [-0.05, 0) is 54.5 Å². The number of carboxylic acids is 1. The maximum absolute atomic E-state index is 13.9. The van der Waals surface area contributed by atoms with Crippen molar-refractivity contribution >= 4 is 28.4 Å². The normalized spacial score (nSPS) is 18.6. The molecule has 36 heavy (non-hydrogen) atoms. The minimum Gasteiger partial charge on any atom is -0.478 e. The van der Waals surface area contributed by atoms with Crippen molar-refractivity contribution in [3.8, 4) is 11.3 Å². The third-order valence-corrected chi connectivity index (χ3v) is 8.28. The fourth-order valence-corrected chi connectivity index (χ4v) is 6.41. The largest absolute Gasteiger partial charge is 0.478 e. The van der Waals surface area contributed by atoms with Gasteiger partial charge in [0.2, 0.25) is 0 Å². The van der Waals surface area contributed by atoms with Crippen LogP contribution in [0.3, 0.4) is 0 Å². The molecule has 2 aliphatic heterocycles. The van der Waals surface area contributed by atoms with Crippen molar-refractivity contribution in [2.24, 2.45) is 0 Å². The van der Waals surface area contributed by atoms with Crippen LogP contribution in [0.4, 0.5) is 0 Å².